The van der Waals surface area contributed by atoms with E-state index in [9.17, 15) is 4.79 Å². The van der Waals surface area contributed by atoms with Crippen molar-refractivity contribution < 1.29 is 4.79 Å². The molecule has 2 aromatic carbocycles. The fourth-order valence-electron chi connectivity index (χ4n) is 8.75. The Morgan fingerprint density at radius 1 is 0.425 bits per heavy atom. The number of rotatable bonds is 8. The van der Waals surface area contributed by atoms with Gasteiger partial charge in [0.15, 0.2) is 5.78 Å². The second-order valence-electron chi connectivity index (χ2n) is 13.3. The van der Waals surface area contributed by atoms with Crippen LogP contribution in [0.1, 0.15) is 144 Å². The largest absolute Gasteiger partial charge is 0.289 e. The maximum atomic E-state index is 14.8. The third-order valence-electron chi connectivity index (χ3n) is 10.7. The lowest BCUT2D eigenvalue weighted by Crippen LogP contribution is -2.31. The molecule has 4 aliphatic rings. The molecule has 0 atom stereocenters. The van der Waals surface area contributed by atoms with Crippen LogP contribution in [-0.2, 0) is 0 Å². The smallest absolute Gasteiger partial charge is 0.194 e. The van der Waals surface area contributed by atoms with Crippen LogP contribution in [0.4, 0.5) is 0 Å². The van der Waals surface area contributed by atoms with Crippen LogP contribution in [0.25, 0.3) is 0 Å². The first-order valence-electron chi connectivity index (χ1n) is 17.1. The molecule has 3 heteroatoms. The molecular formula is C37H52OP2. The standard InChI is InChI=1S/C37H52OP2/c38-37(33-25-13-15-27-35(33)39(29-17-5-1-6-18-29)30-19-7-2-8-20-30)34-26-14-16-28-36(34)40(31-21-9-3-10-22-31)32-23-11-4-12-24-32/h13-16,25-32H,1-12,17-24H2. The first-order chi connectivity index (χ1) is 19.8. The zero-order valence-corrected chi connectivity index (χ0v) is 26.7. The molecule has 216 valence electrons. The van der Waals surface area contributed by atoms with E-state index in [0.717, 1.165) is 33.8 Å². The fraction of sp³-hybridized carbons (Fsp3) is 0.649. The summed E-state index contributed by atoms with van der Waals surface area (Å²) in [5.74, 6) is 0.351. The number of hydrogen-bond acceptors (Lipinski definition) is 1. The third-order valence-corrected chi connectivity index (χ3v) is 17.8. The molecule has 4 saturated carbocycles. The van der Waals surface area contributed by atoms with Gasteiger partial charge in [0, 0.05) is 11.1 Å². The molecule has 40 heavy (non-hydrogen) atoms. The van der Waals surface area contributed by atoms with Crippen LogP contribution in [0.15, 0.2) is 48.5 Å². The Bertz CT molecular complexity index is 965. The molecule has 0 aliphatic heterocycles. The molecule has 0 aromatic heterocycles. The van der Waals surface area contributed by atoms with Gasteiger partial charge in [-0.25, -0.2) is 0 Å². The zero-order chi connectivity index (χ0) is 27.1. The maximum absolute atomic E-state index is 14.8. The van der Waals surface area contributed by atoms with Gasteiger partial charge in [-0.3, -0.25) is 4.79 Å². The fourth-order valence-corrected chi connectivity index (χ4v) is 16.6. The Kier molecular flexibility index (Phi) is 10.5. The molecule has 1 nitrogen and oxygen atoms in total. The monoisotopic (exact) mass is 574 g/mol. The van der Waals surface area contributed by atoms with Gasteiger partial charge in [0.2, 0.25) is 0 Å². The number of carbonyl (C=O) groups is 1. The topological polar surface area (TPSA) is 17.1 Å². The van der Waals surface area contributed by atoms with Crippen molar-refractivity contribution >= 4 is 32.2 Å². The average molecular weight is 575 g/mol. The molecule has 0 bridgehead atoms. The average Bonchev–Trinajstić information content (AvgIpc) is 3.04. The van der Waals surface area contributed by atoms with Crippen molar-refractivity contribution in [2.24, 2.45) is 0 Å². The molecule has 0 spiro atoms. The van der Waals surface area contributed by atoms with E-state index in [4.69, 9.17) is 0 Å². The Hall–Kier alpha value is -1.03. The quantitative estimate of drug-likeness (QED) is 0.226. The van der Waals surface area contributed by atoms with Gasteiger partial charge in [0.1, 0.15) is 0 Å². The van der Waals surface area contributed by atoms with E-state index < -0.39 is 0 Å². The normalized spacial score (nSPS) is 22.6. The van der Waals surface area contributed by atoms with Crippen molar-refractivity contribution in [3.8, 4) is 0 Å². The molecule has 0 unspecified atom stereocenters. The van der Waals surface area contributed by atoms with Crippen molar-refractivity contribution in [3.05, 3.63) is 59.7 Å². The number of hydrogen-bond donors (Lipinski definition) is 0. The van der Waals surface area contributed by atoms with Gasteiger partial charge < -0.3 is 0 Å². The Morgan fingerprint density at radius 3 is 1.00 bits per heavy atom. The summed E-state index contributed by atoms with van der Waals surface area (Å²) in [4.78, 5) is 14.8. The van der Waals surface area contributed by atoms with Crippen molar-refractivity contribution in [2.75, 3.05) is 0 Å². The molecule has 0 radical (unpaired) electrons. The Morgan fingerprint density at radius 2 is 0.700 bits per heavy atom. The van der Waals surface area contributed by atoms with Crippen molar-refractivity contribution in [3.63, 3.8) is 0 Å². The van der Waals surface area contributed by atoms with Crippen LogP contribution in [-0.4, -0.2) is 28.4 Å². The Labute approximate surface area is 247 Å². The van der Waals surface area contributed by atoms with Crippen LogP contribution < -0.4 is 10.6 Å². The van der Waals surface area contributed by atoms with Gasteiger partial charge >= 0.3 is 0 Å². The number of carbonyl (C=O) groups excluding carboxylic acids is 1. The lowest BCUT2D eigenvalue weighted by atomic mass is 9.99. The predicted octanol–water partition coefficient (Wildman–Crippen LogP) is 10.5. The molecule has 0 N–H and O–H groups in total. The highest BCUT2D eigenvalue weighted by atomic mass is 31.1. The summed E-state index contributed by atoms with van der Waals surface area (Å²) in [5, 5.41) is 2.94. The van der Waals surface area contributed by atoms with E-state index in [1.54, 1.807) is 0 Å². The lowest BCUT2D eigenvalue weighted by molar-refractivity contribution is 0.104. The maximum Gasteiger partial charge on any atom is 0.194 e. The Balaban J connectivity index is 1.38. The zero-order valence-electron chi connectivity index (χ0n) is 24.9. The van der Waals surface area contributed by atoms with Crippen molar-refractivity contribution in [2.45, 2.75) is 151 Å². The molecular weight excluding hydrogens is 522 g/mol. The lowest BCUT2D eigenvalue weighted by Gasteiger charge is -2.40. The van der Waals surface area contributed by atoms with Gasteiger partial charge in [0.25, 0.3) is 0 Å². The second kappa shape index (κ2) is 14.4. The molecule has 4 aliphatic carbocycles. The van der Waals surface area contributed by atoms with Crippen LogP contribution >= 0.6 is 15.8 Å². The van der Waals surface area contributed by atoms with E-state index in [1.165, 1.54) is 139 Å². The van der Waals surface area contributed by atoms with E-state index in [2.05, 4.69) is 48.5 Å². The molecule has 6 rings (SSSR count). The van der Waals surface area contributed by atoms with Gasteiger partial charge in [-0.05, 0) is 84.6 Å². The SMILES string of the molecule is O=C(c1ccccc1P(C1CCCCC1)C1CCCCC1)c1ccccc1P(C1CCCCC1)C1CCCCC1. The molecule has 4 fully saturated rings. The number of benzene rings is 2. The van der Waals surface area contributed by atoms with Gasteiger partial charge in [-0.1, -0.05) is 141 Å². The van der Waals surface area contributed by atoms with E-state index in [-0.39, 0.29) is 15.8 Å². The molecule has 0 heterocycles. The minimum Gasteiger partial charge on any atom is -0.289 e. The van der Waals surface area contributed by atoms with Crippen molar-refractivity contribution in [1.82, 2.24) is 0 Å². The summed E-state index contributed by atoms with van der Waals surface area (Å²) >= 11 is 0. The van der Waals surface area contributed by atoms with Gasteiger partial charge in [-0.15, -0.1) is 0 Å². The van der Waals surface area contributed by atoms with Crippen LogP contribution in [0.5, 0.6) is 0 Å². The first kappa shape index (κ1) is 29.1. The van der Waals surface area contributed by atoms with Crippen LogP contribution in [0, 0.1) is 0 Å². The molecule has 0 saturated heterocycles. The van der Waals surface area contributed by atoms with Crippen molar-refractivity contribution in [1.29, 1.82) is 0 Å². The third kappa shape index (κ3) is 6.63. The highest BCUT2D eigenvalue weighted by Crippen LogP contribution is 2.57. The van der Waals surface area contributed by atoms with E-state index in [0.29, 0.717) is 5.78 Å². The second-order valence-corrected chi connectivity index (χ2v) is 18.9. The minimum atomic E-state index is -0.300. The first-order valence-corrected chi connectivity index (χ1v) is 20.1. The van der Waals surface area contributed by atoms with Crippen LogP contribution in [0.2, 0.25) is 0 Å². The molecule has 2 aromatic rings. The highest BCUT2D eigenvalue weighted by Gasteiger charge is 2.37. The summed E-state index contributed by atoms with van der Waals surface area (Å²) in [6.07, 6.45) is 27.8. The summed E-state index contributed by atoms with van der Waals surface area (Å²) in [7, 11) is -0.601. The number of ketones is 1. The highest BCUT2D eigenvalue weighted by molar-refractivity contribution is 7.67. The molecule has 0 amide bonds. The summed E-state index contributed by atoms with van der Waals surface area (Å²) < 4.78 is 0. The van der Waals surface area contributed by atoms with Crippen LogP contribution in [0.3, 0.4) is 0 Å². The summed E-state index contributed by atoms with van der Waals surface area (Å²) in [6.45, 7) is 0. The van der Waals surface area contributed by atoms with Gasteiger partial charge in [-0.2, -0.15) is 0 Å². The minimum absolute atomic E-state index is 0.300. The summed E-state index contributed by atoms with van der Waals surface area (Å²) in [5.41, 5.74) is 5.41. The van der Waals surface area contributed by atoms with Gasteiger partial charge in [0.05, 0.1) is 0 Å². The van der Waals surface area contributed by atoms with E-state index >= 15 is 0 Å². The summed E-state index contributed by atoms with van der Waals surface area (Å²) in [6, 6.07) is 18.0. The van der Waals surface area contributed by atoms with E-state index in [1.807, 2.05) is 0 Å². The predicted molar refractivity (Wildman–Crippen MR) is 177 cm³/mol.